The number of rotatable bonds is 10. The van der Waals surface area contributed by atoms with Gasteiger partial charge < -0.3 is 14.8 Å². The van der Waals surface area contributed by atoms with Crippen LogP contribution in [0.5, 0.6) is 0 Å². The highest BCUT2D eigenvalue weighted by atomic mass is 35.5. The molecule has 1 aromatic heterocycles. The first kappa shape index (κ1) is 17.4. The lowest BCUT2D eigenvalue weighted by Crippen LogP contribution is -2.29. The fourth-order valence-electron chi connectivity index (χ4n) is 2.11. The molecule has 0 saturated heterocycles. The van der Waals surface area contributed by atoms with Gasteiger partial charge in [0.05, 0.1) is 42.2 Å². The Bertz CT molecular complexity index is 384. The maximum absolute atomic E-state index is 6.32. The van der Waals surface area contributed by atoms with Crippen LogP contribution < -0.4 is 5.32 Å². The first-order valence-corrected chi connectivity index (χ1v) is 7.48. The van der Waals surface area contributed by atoms with E-state index in [1.165, 1.54) is 0 Å². The molecule has 1 rings (SSSR count). The summed E-state index contributed by atoms with van der Waals surface area (Å²) in [5, 5.41) is 8.56. The summed E-state index contributed by atoms with van der Waals surface area (Å²) in [5.74, 6) is 0. The van der Waals surface area contributed by atoms with Gasteiger partial charge in [0.25, 0.3) is 0 Å². The molecule has 2 unspecified atom stereocenters. The van der Waals surface area contributed by atoms with Gasteiger partial charge in [-0.1, -0.05) is 18.5 Å². The molecule has 0 bridgehead atoms. The minimum absolute atomic E-state index is 0.136. The summed E-state index contributed by atoms with van der Waals surface area (Å²) in [6.45, 7) is 6.46. The Balaban J connectivity index is 2.89. The van der Waals surface area contributed by atoms with Gasteiger partial charge in [-0.2, -0.15) is 5.10 Å². The zero-order chi connectivity index (χ0) is 15.0. The molecule has 116 valence electrons. The van der Waals surface area contributed by atoms with Crippen LogP contribution in [-0.2, 0) is 16.0 Å². The second-order valence-corrected chi connectivity index (χ2v) is 5.29. The van der Waals surface area contributed by atoms with Crippen LogP contribution in [0.1, 0.15) is 38.4 Å². The van der Waals surface area contributed by atoms with E-state index in [9.17, 15) is 0 Å². The van der Waals surface area contributed by atoms with E-state index in [1.807, 2.05) is 4.68 Å². The first-order valence-electron chi connectivity index (χ1n) is 7.10. The molecule has 5 nitrogen and oxygen atoms in total. The molecule has 0 fully saturated rings. The largest absolute Gasteiger partial charge is 0.383 e. The van der Waals surface area contributed by atoms with Crippen LogP contribution in [0.25, 0.3) is 0 Å². The standard InChI is InChI=1S/C14H26ClN3O2/c1-5-6-16-13(9-11(2)20-4)14-12(15)10-17-18(14)7-8-19-3/h10-11,13,16H,5-9H2,1-4H3. The highest BCUT2D eigenvalue weighted by Gasteiger charge is 2.22. The smallest absolute Gasteiger partial charge is 0.0834 e. The number of halogens is 1. The van der Waals surface area contributed by atoms with E-state index in [2.05, 4.69) is 24.3 Å². The summed E-state index contributed by atoms with van der Waals surface area (Å²) < 4.78 is 12.4. The lowest BCUT2D eigenvalue weighted by atomic mass is 10.1. The minimum atomic E-state index is 0.136. The Hall–Kier alpha value is -0.620. The summed E-state index contributed by atoms with van der Waals surface area (Å²) in [6, 6.07) is 0.136. The Morgan fingerprint density at radius 2 is 2.20 bits per heavy atom. The van der Waals surface area contributed by atoms with Gasteiger partial charge in [-0.25, -0.2) is 0 Å². The molecule has 2 atom stereocenters. The maximum atomic E-state index is 6.32. The molecule has 0 aliphatic rings. The van der Waals surface area contributed by atoms with Crippen molar-refractivity contribution in [3.05, 3.63) is 16.9 Å². The number of hydrogen-bond acceptors (Lipinski definition) is 4. The van der Waals surface area contributed by atoms with Crippen molar-refractivity contribution in [1.29, 1.82) is 0 Å². The van der Waals surface area contributed by atoms with Crippen LogP contribution in [0.4, 0.5) is 0 Å². The molecule has 0 radical (unpaired) electrons. The summed E-state index contributed by atoms with van der Waals surface area (Å²) in [6.07, 6.45) is 3.78. The van der Waals surface area contributed by atoms with Gasteiger partial charge in [0.1, 0.15) is 0 Å². The molecule has 20 heavy (non-hydrogen) atoms. The van der Waals surface area contributed by atoms with Gasteiger partial charge in [0, 0.05) is 14.2 Å². The van der Waals surface area contributed by atoms with Gasteiger partial charge in [-0.15, -0.1) is 0 Å². The van der Waals surface area contributed by atoms with Crippen molar-refractivity contribution < 1.29 is 9.47 Å². The lowest BCUT2D eigenvalue weighted by Gasteiger charge is -2.23. The van der Waals surface area contributed by atoms with E-state index in [4.69, 9.17) is 21.1 Å². The molecule has 0 saturated carbocycles. The molecular formula is C14H26ClN3O2. The zero-order valence-corrected chi connectivity index (χ0v) is 13.6. The van der Waals surface area contributed by atoms with Crippen LogP contribution in [0.15, 0.2) is 6.20 Å². The van der Waals surface area contributed by atoms with Crippen molar-refractivity contribution in [2.24, 2.45) is 0 Å². The van der Waals surface area contributed by atoms with E-state index < -0.39 is 0 Å². The van der Waals surface area contributed by atoms with Crippen LogP contribution in [0.3, 0.4) is 0 Å². The summed E-state index contributed by atoms with van der Waals surface area (Å²) in [4.78, 5) is 0. The Labute approximate surface area is 126 Å². The van der Waals surface area contributed by atoms with E-state index in [0.717, 1.165) is 25.1 Å². The molecule has 0 amide bonds. The van der Waals surface area contributed by atoms with Crippen molar-refractivity contribution in [2.45, 2.75) is 45.4 Å². The average molecular weight is 304 g/mol. The second kappa shape index (κ2) is 9.34. The number of hydrogen-bond donors (Lipinski definition) is 1. The monoisotopic (exact) mass is 303 g/mol. The summed E-state index contributed by atoms with van der Waals surface area (Å²) in [5.41, 5.74) is 1.01. The normalized spacial score (nSPS) is 14.4. The number of nitrogens with one attached hydrogen (secondary N) is 1. The fourth-order valence-corrected chi connectivity index (χ4v) is 2.39. The third kappa shape index (κ3) is 5.05. The zero-order valence-electron chi connectivity index (χ0n) is 12.9. The van der Waals surface area contributed by atoms with Crippen molar-refractivity contribution in [3.63, 3.8) is 0 Å². The molecule has 0 aliphatic heterocycles. The predicted molar refractivity (Wildman–Crippen MR) is 81.2 cm³/mol. The van der Waals surface area contributed by atoms with Gasteiger partial charge in [-0.05, 0) is 26.3 Å². The average Bonchev–Trinajstić information content (AvgIpc) is 2.82. The third-order valence-electron chi connectivity index (χ3n) is 3.28. The SMILES string of the molecule is CCCNC(CC(C)OC)c1c(Cl)cnn1CCOC. The number of nitrogens with zero attached hydrogens (tertiary/aromatic N) is 2. The molecular weight excluding hydrogens is 278 g/mol. The Morgan fingerprint density at radius 3 is 2.80 bits per heavy atom. The second-order valence-electron chi connectivity index (χ2n) is 4.88. The van der Waals surface area contributed by atoms with E-state index in [-0.39, 0.29) is 12.1 Å². The molecule has 1 heterocycles. The van der Waals surface area contributed by atoms with Crippen molar-refractivity contribution in [2.75, 3.05) is 27.4 Å². The van der Waals surface area contributed by atoms with E-state index in [0.29, 0.717) is 18.2 Å². The van der Waals surface area contributed by atoms with Crippen LogP contribution >= 0.6 is 11.6 Å². The Kier molecular flexibility index (Phi) is 8.14. The highest BCUT2D eigenvalue weighted by molar-refractivity contribution is 6.31. The molecule has 1 aromatic rings. The fraction of sp³-hybridized carbons (Fsp3) is 0.786. The van der Waals surface area contributed by atoms with Crippen molar-refractivity contribution >= 4 is 11.6 Å². The first-order chi connectivity index (χ1) is 9.63. The van der Waals surface area contributed by atoms with Crippen LogP contribution in [0.2, 0.25) is 5.02 Å². The van der Waals surface area contributed by atoms with Crippen LogP contribution in [-0.4, -0.2) is 43.3 Å². The van der Waals surface area contributed by atoms with Gasteiger partial charge >= 0.3 is 0 Å². The third-order valence-corrected chi connectivity index (χ3v) is 3.57. The van der Waals surface area contributed by atoms with E-state index in [1.54, 1.807) is 20.4 Å². The van der Waals surface area contributed by atoms with E-state index >= 15 is 0 Å². The quantitative estimate of drug-likeness (QED) is 0.722. The Morgan fingerprint density at radius 1 is 1.45 bits per heavy atom. The number of ether oxygens (including phenoxy) is 2. The summed E-state index contributed by atoms with van der Waals surface area (Å²) >= 11 is 6.32. The number of methoxy groups -OCH3 is 2. The molecule has 0 aromatic carbocycles. The van der Waals surface area contributed by atoms with Crippen LogP contribution in [0, 0.1) is 0 Å². The van der Waals surface area contributed by atoms with Crippen molar-refractivity contribution in [3.8, 4) is 0 Å². The maximum Gasteiger partial charge on any atom is 0.0834 e. The predicted octanol–water partition coefficient (Wildman–Crippen LogP) is 2.65. The summed E-state index contributed by atoms with van der Waals surface area (Å²) in [7, 11) is 3.41. The molecule has 0 spiro atoms. The molecule has 0 aliphatic carbocycles. The minimum Gasteiger partial charge on any atom is -0.383 e. The number of aromatic nitrogens is 2. The molecule has 1 N–H and O–H groups in total. The molecule has 6 heteroatoms. The van der Waals surface area contributed by atoms with Gasteiger partial charge in [-0.3, -0.25) is 4.68 Å². The lowest BCUT2D eigenvalue weighted by molar-refractivity contribution is 0.0989. The highest BCUT2D eigenvalue weighted by Crippen LogP contribution is 2.27. The van der Waals surface area contributed by atoms with Crippen molar-refractivity contribution in [1.82, 2.24) is 15.1 Å². The van der Waals surface area contributed by atoms with Gasteiger partial charge in [0.15, 0.2) is 0 Å². The topological polar surface area (TPSA) is 48.3 Å². The van der Waals surface area contributed by atoms with Gasteiger partial charge in [0.2, 0.25) is 0 Å².